The molecule has 0 saturated carbocycles. The van der Waals surface area contributed by atoms with Crippen molar-refractivity contribution in [3.05, 3.63) is 23.9 Å². The maximum atomic E-state index is 5.53. The van der Waals surface area contributed by atoms with Crippen molar-refractivity contribution in [1.29, 1.82) is 0 Å². The fourth-order valence-corrected chi connectivity index (χ4v) is 1.56. The lowest BCUT2D eigenvalue weighted by atomic mass is 10.3. The topological polar surface area (TPSA) is 37.4 Å². The molecule has 102 valence electrons. The Kier molecular flexibility index (Phi) is 6.68. The summed E-state index contributed by atoms with van der Waals surface area (Å²) in [6.07, 6.45) is 2.21. The van der Waals surface area contributed by atoms with Gasteiger partial charge in [-0.15, -0.1) is 0 Å². The minimum atomic E-state index is 0.286. The Morgan fingerprint density at radius 3 is 2.72 bits per heavy atom. The van der Waals surface area contributed by atoms with Crippen LogP contribution in [0.1, 0.15) is 26.3 Å². The van der Waals surface area contributed by atoms with Gasteiger partial charge in [0.2, 0.25) is 0 Å². The number of ether oxygens (including phenoxy) is 1. The Bertz CT molecular complexity index is 324. The average Bonchev–Trinajstić information content (AvgIpc) is 2.36. The fourth-order valence-electron chi connectivity index (χ4n) is 1.56. The molecular weight excluding hydrogens is 226 g/mol. The molecule has 1 rings (SSSR count). The summed E-state index contributed by atoms with van der Waals surface area (Å²) in [6, 6.07) is 4.17. The first-order valence-corrected chi connectivity index (χ1v) is 6.62. The van der Waals surface area contributed by atoms with Crippen LogP contribution in [0.4, 0.5) is 5.82 Å². The number of nitrogens with one attached hydrogen (secondary N) is 1. The molecule has 1 heterocycles. The maximum Gasteiger partial charge on any atom is 0.128 e. The van der Waals surface area contributed by atoms with E-state index in [1.165, 1.54) is 5.56 Å². The molecule has 0 atom stereocenters. The number of rotatable bonds is 8. The monoisotopic (exact) mass is 251 g/mol. The van der Waals surface area contributed by atoms with Gasteiger partial charge in [0, 0.05) is 26.3 Å². The van der Waals surface area contributed by atoms with Gasteiger partial charge in [-0.05, 0) is 32.0 Å². The van der Waals surface area contributed by atoms with E-state index in [0.29, 0.717) is 0 Å². The number of likely N-dealkylation sites (N-methyl/N-ethyl adjacent to an activating group) is 1. The largest absolute Gasteiger partial charge is 0.377 e. The molecule has 0 bridgehead atoms. The van der Waals surface area contributed by atoms with Crippen molar-refractivity contribution in [2.75, 3.05) is 31.6 Å². The highest BCUT2D eigenvalue weighted by Gasteiger charge is 2.03. The van der Waals surface area contributed by atoms with Gasteiger partial charge < -0.3 is 15.0 Å². The highest BCUT2D eigenvalue weighted by molar-refractivity contribution is 5.38. The predicted molar refractivity (Wildman–Crippen MR) is 76.0 cm³/mol. The van der Waals surface area contributed by atoms with Gasteiger partial charge in [0.15, 0.2) is 0 Å². The highest BCUT2D eigenvalue weighted by Crippen LogP contribution is 2.09. The van der Waals surface area contributed by atoms with E-state index in [2.05, 4.69) is 34.3 Å². The minimum Gasteiger partial charge on any atom is -0.377 e. The maximum absolute atomic E-state index is 5.53. The molecule has 4 heteroatoms. The van der Waals surface area contributed by atoms with Gasteiger partial charge in [-0.25, -0.2) is 4.98 Å². The van der Waals surface area contributed by atoms with Gasteiger partial charge in [-0.2, -0.15) is 0 Å². The van der Waals surface area contributed by atoms with Crippen molar-refractivity contribution in [1.82, 2.24) is 10.3 Å². The van der Waals surface area contributed by atoms with Gasteiger partial charge in [0.25, 0.3) is 0 Å². The summed E-state index contributed by atoms with van der Waals surface area (Å²) in [5.74, 6) is 0.989. The summed E-state index contributed by atoms with van der Waals surface area (Å²) in [7, 11) is 2.04. The van der Waals surface area contributed by atoms with Crippen LogP contribution in [-0.4, -0.2) is 37.8 Å². The number of anilines is 1. The first-order chi connectivity index (χ1) is 8.63. The normalized spacial score (nSPS) is 10.9. The van der Waals surface area contributed by atoms with Crippen LogP contribution in [0.25, 0.3) is 0 Å². The Balaban J connectivity index is 2.40. The quantitative estimate of drug-likeness (QED) is 0.767. The molecule has 0 aromatic carbocycles. The molecule has 0 spiro atoms. The molecule has 0 saturated heterocycles. The van der Waals surface area contributed by atoms with E-state index in [0.717, 1.165) is 32.1 Å². The van der Waals surface area contributed by atoms with Gasteiger partial charge in [0.1, 0.15) is 5.82 Å². The standard InChI is InChI=1S/C14H25N3O/c1-5-15-10-13-6-7-14(16-11-13)17(4)8-9-18-12(2)3/h6-7,11-12,15H,5,8-10H2,1-4H3. The second-order valence-electron chi connectivity index (χ2n) is 4.65. The Morgan fingerprint density at radius 1 is 1.39 bits per heavy atom. The number of pyridine rings is 1. The summed E-state index contributed by atoms with van der Waals surface area (Å²) in [5.41, 5.74) is 1.22. The number of nitrogens with zero attached hydrogens (tertiary/aromatic N) is 2. The molecule has 0 radical (unpaired) electrons. The van der Waals surface area contributed by atoms with E-state index in [9.17, 15) is 0 Å². The lowest BCUT2D eigenvalue weighted by molar-refractivity contribution is 0.0845. The molecule has 1 aromatic rings. The smallest absolute Gasteiger partial charge is 0.128 e. The molecule has 0 aliphatic heterocycles. The van der Waals surface area contributed by atoms with Crippen LogP contribution in [0.15, 0.2) is 18.3 Å². The zero-order chi connectivity index (χ0) is 13.4. The summed E-state index contributed by atoms with van der Waals surface area (Å²) in [6.45, 7) is 9.65. The van der Waals surface area contributed by atoms with E-state index in [4.69, 9.17) is 4.74 Å². The zero-order valence-electron chi connectivity index (χ0n) is 11.9. The Hall–Kier alpha value is -1.13. The van der Waals surface area contributed by atoms with Gasteiger partial charge >= 0.3 is 0 Å². The molecule has 0 aliphatic rings. The fraction of sp³-hybridized carbons (Fsp3) is 0.643. The van der Waals surface area contributed by atoms with E-state index >= 15 is 0 Å². The molecule has 0 fully saturated rings. The molecule has 1 aromatic heterocycles. The zero-order valence-corrected chi connectivity index (χ0v) is 11.9. The van der Waals surface area contributed by atoms with Crippen molar-refractivity contribution in [2.45, 2.75) is 33.4 Å². The summed E-state index contributed by atoms with van der Waals surface area (Å²) in [4.78, 5) is 6.57. The van der Waals surface area contributed by atoms with Crippen LogP contribution in [0.5, 0.6) is 0 Å². The van der Waals surface area contributed by atoms with E-state index < -0.39 is 0 Å². The first kappa shape index (κ1) is 14.9. The SMILES string of the molecule is CCNCc1ccc(N(C)CCOC(C)C)nc1. The van der Waals surface area contributed by atoms with Crippen molar-refractivity contribution in [3.8, 4) is 0 Å². The van der Waals surface area contributed by atoms with Gasteiger partial charge in [0.05, 0.1) is 12.7 Å². The molecule has 18 heavy (non-hydrogen) atoms. The Morgan fingerprint density at radius 2 is 2.17 bits per heavy atom. The van der Waals surface area contributed by atoms with Crippen molar-refractivity contribution in [2.24, 2.45) is 0 Å². The van der Waals surface area contributed by atoms with E-state index in [1.54, 1.807) is 0 Å². The summed E-state index contributed by atoms with van der Waals surface area (Å²) >= 11 is 0. The van der Waals surface area contributed by atoms with Gasteiger partial charge in [-0.1, -0.05) is 13.0 Å². The third kappa shape index (κ3) is 5.47. The lowest BCUT2D eigenvalue weighted by Gasteiger charge is -2.19. The van der Waals surface area contributed by atoms with Crippen molar-refractivity contribution in [3.63, 3.8) is 0 Å². The van der Waals surface area contributed by atoms with Crippen molar-refractivity contribution >= 4 is 5.82 Å². The molecule has 1 N–H and O–H groups in total. The molecule has 0 aliphatic carbocycles. The van der Waals surface area contributed by atoms with E-state index in [1.807, 2.05) is 27.1 Å². The Labute approximate surface area is 110 Å². The van der Waals surface area contributed by atoms with Crippen LogP contribution in [0.2, 0.25) is 0 Å². The summed E-state index contributed by atoms with van der Waals surface area (Å²) in [5, 5.41) is 3.29. The van der Waals surface area contributed by atoms with Crippen molar-refractivity contribution < 1.29 is 4.74 Å². The van der Waals surface area contributed by atoms with E-state index in [-0.39, 0.29) is 6.10 Å². The summed E-state index contributed by atoms with van der Waals surface area (Å²) < 4.78 is 5.53. The molecular formula is C14H25N3O. The number of hydrogen-bond donors (Lipinski definition) is 1. The average molecular weight is 251 g/mol. The second kappa shape index (κ2) is 8.06. The van der Waals surface area contributed by atoms with Crippen LogP contribution in [0.3, 0.4) is 0 Å². The predicted octanol–water partition coefficient (Wildman–Crippen LogP) is 2.05. The number of hydrogen-bond acceptors (Lipinski definition) is 4. The number of aromatic nitrogens is 1. The van der Waals surface area contributed by atoms with Crippen LogP contribution in [-0.2, 0) is 11.3 Å². The third-order valence-electron chi connectivity index (χ3n) is 2.66. The van der Waals surface area contributed by atoms with Crippen LogP contribution in [0, 0.1) is 0 Å². The first-order valence-electron chi connectivity index (χ1n) is 6.62. The molecule has 0 unspecified atom stereocenters. The van der Waals surface area contributed by atoms with Crippen LogP contribution >= 0.6 is 0 Å². The molecule has 4 nitrogen and oxygen atoms in total. The second-order valence-corrected chi connectivity index (χ2v) is 4.65. The highest BCUT2D eigenvalue weighted by atomic mass is 16.5. The van der Waals surface area contributed by atoms with Crippen LogP contribution < -0.4 is 10.2 Å². The lowest BCUT2D eigenvalue weighted by Crippen LogP contribution is -2.24. The van der Waals surface area contributed by atoms with Gasteiger partial charge in [-0.3, -0.25) is 0 Å². The third-order valence-corrected chi connectivity index (χ3v) is 2.66. The molecule has 0 amide bonds. The minimum absolute atomic E-state index is 0.286.